The smallest absolute Gasteiger partial charge is 0.317 e. The summed E-state index contributed by atoms with van der Waals surface area (Å²) in [7, 11) is 0. The number of carboxylic acids is 1. The highest BCUT2D eigenvalue weighted by molar-refractivity contribution is 5.74. The van der Waals surface area contributed by atoms with Gasteiger partial charge in [-0.05, 0) is 17.8 Å². The molecule has 2 N–H and O–H groups in total. The quantitative estimate of drug-likeness (QED) is 0.784. The zero-order valence-corrected chi connectivity index (χ0v) is 13.5. The van der Waals surface area contributed by atoms with E-state index in [0.717, 1.165) is 0 Å². The standard InChI is InChI=1S/C15H28N2O4/c1-10(2)13(11(3)4)8-16-15(20)17-5-6-21-12(9-17)7-14(18)19/h10-13H,5-9H2,1-4H3,(H,16,20)(H,18,19). The highest BCUT2D eigenvalue weighted by atomic mass is 16.5. The lowest BCUT2D eigenvalue weighted by Crippen LogP contribution is -2.51. The van der Waals surface area contributed by atoms with E-state index < -0.39 is 12.1 Å². The van der Waals surface area contributed by atoms with E-state index >= 15 is 0 Å². The van der Waals surface area contributed by atoms with Crippen LogP contribution in [0.15, 0.2) is 0 Å². The lowest BCUT2D eigenvalue weighted by Gasteiger charge is -2.33. The molecule has 0 radical (unpaired) electrons. The third-order valence-corrected chi connectivity index (χ3v) is 4.03. The van der Waals surface area contributed by atoms with Crippen LogP contribution in [0.3, 0.4) is 0 Å². The van der Waals surface area contributed by atoms with Crippen molar-refractivity contribution in [3.05, 3.63) is 0 Å². The van der Waals surface area contributed by atoms with E-state index in [2.05, 4.69) is 33.0 Å². The Bertz CT molecular complexity index is 350. The van der Waals surface area contributed by atoms with Gasteiger partial charge in [-0.3, -0.25) is 4.79 Å². The fraction of sp³-hybridized carbons (Fsp3) is 0.867. The summed E-state index contributed by atoms with van der Waals surface area (Å²) < 4.78 is 5.37. The van der Waals surface area contributed by atoms with E-state index in [9.17, 15) is 9.59 Å². The maximum Gasteiger partial charge on any atom is 0.317 e. The van der Waals surface area contributed by atoms with Gasteiger partial charge in [-0.1, -0.05) is 27.7 Å². The Balaban J connectivity index is 2.45. The number of ether oxygens (including phenoxy) is 1. The first-order chi connectivity index (χ1) is 9.81. The zero-order valence-electron chi connectivity index (χ0n) is 13.5. The van der Waals surface area contributed by atoms with Crippen LogP contribution in [0.2, 0.25) is 0 Å². The van der Waals surface area contributed by atoms with Crippen LogP contribution in [-0.4, -0.2) is 54.4 Å². The molecule has 1 unspecified atom stereocenters. The monoisotopic (exact) mass is 300 g/mol. The van der Waals surface area contributed by atoms with Crippen molar-refractivity contribution in [3.8, 4) is 0 Å². The Morgan fingerprint density at radius 3 is 2.43 bits per heavy atom. The van der Waals surface area contributed by atoms with Crippen molar-refractivity contribution in [1.29, 1.82) is 0 Å². The van der Waals surface area contributed by atoms with Gasteiger partial charge in [0.25, 0.3) is 0 Å². The molecule has 1 fully saturated rings. The molecule has 1 saturated heterocycles. The third-order valence-electron chi connectivity index (χ3n) is 4.03. The first-order valence-corrected chi connectivity index (χ1v) is 7.67. The number of carbonyl (C=O) groups excluding carboxylic acids is 1. The summed E-state index contributed by atoms with van der Waals surface area (Å²) in [5.74, 6) is 0.552. The molecule has 1 rings (SSSR count). The van der Waals surface area contributed by atoms with E-state index in [4.69, 9.17) is 9.84 Å². The molecular formula is C15H28N2O4. The number of nitrogens with one attached hydrogen (secondary N) is 1. The number of carbonyl (C=O) groups is 2. The van der Waals surface area contributed by atoms with Crippen molar-refractivity contribution in [3.63, 3.8) is 0 Å². The molecular weight excluding hydrogens is 272 g/mol. The van der Waals surface area contributed by atoms with Gasteiger partial charge in [0.05, 0.1) is 19.1 Å². The van der Waals surface area contributed by atoms with Gasteiger partial charge in [-0.2, -0.15) is 0 Å². The predicted molar refractivity (Wildman–Crippen MR) is 80.1 cm³/mol. The van der Waals surface area contributed by atoms with Gasteiger partial charge in [0.1, 0.15) is 0 Å². The third kappa shape index (κ3) is 5.91. The van der Waals surface area contributed by atoms with E-state index in [-0.39, 0.29) is 12.5 Å². The molecule has 1 aliphatic heterocycles. The molecule has 2 amide bonds. The molecule has 0 spiro atoms. The average Bonchev–Trinajstić information content (AvgIpc) is 2.37. The second kappa shape index (κ2) is 8.22. The summed E-state index contributed by atoms with van der Waals surface area (Å²) in [6, 6.07) is -0.125. The van der Waals surface area contributed by atoms with Crippen LogP contribution in [0.5, 0.6) is 0 Å². The predicted octanol–water partition coefficient (Wildman–Crippen LogP) is 1.80. The Labute approximate surface area is 126 Å². The minimum atomic E-state index is -0.901. The van der Waals surface area contributed by atoms with Gasteiger partial charge in [-0.15, -0.1) is 0 Å². The van der Waals surface area contributed by atoms with Gasteiger partial charge >= 0.3 is 12.0 Å². The molecule has 1 atom stereocenters. The van der Waals surface area contributed by atoms with E-state index in [1.165, 1.54) is 0 Å². The number of urea groups is 1. The number of hydrogen-bond acceptors (Lipinski definition) is 3. The fourth-order valence-corrected chi connectivity index (χ4v) is 2.78. The Hall–Kier alpha value is -1.30. The zero-order chi connectivity index (χ0) is 16.0. The number of morpholine rings is 1. The average molecular weight is 300 g/mol. The topological polar surface area (TPSA) is 78.9 Å². The molecule has 1 aliphatic rings. The fourth-order valence-electron chi connectivity index (χ4n) is 2.78. The van der Waals surface area contributed by atoms with Gasteiger partial charge in [0, 0.05) is 19.6 Å². The molecule has 6 nitrogen and oxygen atoms in total. The van der Waals surface area contributed by atoms with Crippen molar-refractivity contribution in [2.45, 2.75) is 40.2 Å². The summed E-state index contributed by atoms with van der Waals surface area (Å²) in [5, 5.41) is 11.8. The first kappa shape index (κ1) is 17.8. The molecule has 21 heavy (non-hydrogen) atoms. The van der Waals surface area contributed by atoms with Crippen molar-refractivity contribution in [2.75, 3.05) is 26.2 Å². The molecule has 122 valence electrons. The van der Waals surface area contributed by atoms with Crippen LogP contribution in [0.1, 0.15) is 34.1 Å². The molecule has 6 heteroatoms. The molecule has 0 bridgehead atoms. The Kier molecular flexibility index (Phi) is 6.95. The van der Waals surface area contributed by atoms with Crippen LogP contribution in [0.25, 0.3) is 0 Å². The maximum absolute atomic E-state index is 12.2. The summed E-state index contributed by atoms with van der Waals surface area (Å²) in [6.07, 6.45) is -0.474. The number of rotatable bonds is 6. The van der Waals surface area contributed by atoms with Crippen LogP contribution in [0, 0.1) is 17.8 Å². The number of aliphatic carboxylic acids is 1. The molecule has 1 heterocycles. The molecule has 0 saturated carbocycles. The van der Waals surface area contributed by atoms with Gasteiger partial charge < -0.3 is 20.1 Å². The lowest BCUT2D eigenvalue weighted by atomic mass is 9.85. The van der Waals surface area contributed by atoms with Crippen LogP contribution < -0.4 is 5.32 Å². The minimum absolute atomic E-state index is 0.0651. The van der Waals surface area contributed by atoms with Crippen LogP contribution >= 0.6 is 0 Å². The lowest BCUT2D eigenvalue weighted by molar-refractivity contribution is -0.141. The highest BCUT2D eigenvalue weighted by Crippen LogP contribution is 2.19. The Morgan fingerprint density at radius 1 is 1.29 bits per heavy atom. The molecule has 0 aromatic rings. The summed E-state index contributed by atoms with van der Waals surface area (Å²) in [4.78, 5) is 24.5. The van der Waals surface area contributed by atoms with Gasteiger partial charge in [0.2, 0.25) is 0 Å². The summed E-state index contributed by atoms with van der Waals surface area (Å²) >= 11 is 0. The minimum Gasteiger partial charge on any atom is -0.481 e. The van der Waals surface area contributed by atoms with Crippen LogP contribution in [-0.2, 0) is 9.53 Å². The van der Waals surface area contributed by atoms with Crippen molar-refractivity contribution < 1.29 is 19.4 Å². The second-order valence-corrected chi connectivity index (χ2v) is 6.37. The van der Waals surface area contributed by atoms with Crippen LogP contribution in [0.4, 0.5) is 4.79 Å². The number of hydrogen-bond donors (Lipinski definition) is 2. The van der Waals surface area contributed by atoms with Crippen molar-refractivity contribution >= 4 is 12.0 Å². The maximum atomic E-state index is 12.2. The summed E-state index contributed by atoms with van der Waals surface area (Å²) in [6.45, 7) is 10.5. The Morgan fingerprint density at radius 2 is 1.90 bits per heavy atom. The van der Waals surface area contributed by atoms with E-state index in [1.807, 2.05) is 0 Å². The second-order valence-electron chi connectivity index (χ2n) is 6.37. The molecule has 0 aromatic heterocycles. The van der Waals surface area contributed by atoms with E-state index in [1.54, 1.807) is 4.90 Å². The number of amides is 2. The first-order valence-electron chi connectivity index (χ1n) is 7.67. The van der Waals surface area contributed by atoms with E-state index in [0.29, 0.717) is 44.0 Å². The highest BCUT2D eigenvalue weighted by Gasteiger charge is 2.26. The SMILES string of the molecule is CC(C)C(CNC(=O)N1CCOC(CC(=O)O)C1)C(C)C. The number of carboxylic acid groups (broad SMARTS) is 1. The molecule has 0 aliphatic carbocycles. The van der Waals surface area contributed by atoms with Crippen molar-refractivity contribution in [1.82, 2.24) is 10.2 Å². The number of nitrogens with zero attached hydrogens (tertiary/aromatic N) is 1. The van der Waals surface area contributed by atoms with Gasteiger partial charge in [-0.25, -0.2) is 4.79 Å². The summed E-state index contributed by atoms with van der Waals surface area (Å²) in [5.41, 5.74) is 0. The van der Waals surface area contributed by atoms with Gasteiger partial charge in [0.15, 0.2) is 0 Å². The largest absolute Gasteiger partial charge is 0.481 e. The molecule has 0 aromatic carbocycles. The van der Waals surface area contributed by atoms with Crippen molar-refractivity contribution in [2.24, 2.45) is 17.8 Å². The normalized spacial score (nSPS) is 19.4.